The molecule has 5 nitrogen and oxygen atoms in total. The van der Waals surface area contributed by atoms with Gasteiger partial charge in [0.25, 0.3) is 0 Å². The maximum Gasteiger partial charge on any atom is 0.119 e. The van der Waals surface area contributed by atoms with Crippen LogP contribution in [0, 0.1) is 0 Å². The van der Waals surface area contributed by atoms with Crippen molar-refractivity contribution in [3.63, 3.8) is 0 Å². The largest absolute Gasteiger partial charge is 0.494 e. The van der Waals surface area contributed by atoms with Crippen molar-refractivity contribution < 1.29 is 19.3 Å². The van der Waals surface area contributed by atoms with E-state index in [-0.39, 0.29) is 6.10 Å². The SMILES string of the molecule is CCOc1ccc2c(c1)CN(CC(O)COCC1CCCO1)CC2. The first-order valence-corrected chi connectivity index (χ1v) is 9.09. The summed E-state index contributed by atoms with van der Waals surface area (Å²) in [6.07, 6.45) is 2.97. The highest BCUT2D eigenvalue weighted by atomic mass is 16.5. The van der Waals surface area contributed by atoms with Crippen LogP contribution in [0.4, 0.5) is 0 Å². The third-order valence-corrected chi connectivity index (χ3v) is 4.69. The third-order valence-electron chi connectivity index (χ3n) is 4.69. The highest BCUT2D eigenvalue weighted by Crippen LogP contribution is 2.24. The fourth-order valence-corrected chi connectivity index (χ4v) is 3.47. The summed E-state index contributed by atoms with van der Waals surface area (Å²) in [5, 5.41) is 10.2. The molecule has 1 aromatic rings. The average Bonchev–Trinajstić information content (AvgIpc) is 3.08. The zero-order valence-electron chi connectivity index (χ0n) is 14.6. The Morgan fingerprint density at radius 3 is 3.08 bits per heavy atom. The van der Waals surface area contributed by atoms with Crippen molar-refractivity contribution >= 4 is 0 Å². The summed E-state index contributed by atoms with van der Waals surface area (Å²) in [5.74, 6) is 0.929. The van der Waals surface area contributed by atoms with Crippen LogP contribution >= 0.6 is 0 Å². The van der Waals surface area contributed by atoms with Gasteiger partial charge in [-0.2, -0.15) is 0 Å². The maximum absolute atomic E-state index is 10.2. The Balaban J connectivity index is 1.43. The predicted molar refractivity (Wildman–Crippen MR) is 92.4 cm³/mol. The van der Waals surface area contributed by atoms with Gasteiger partial charge in [0.2, 0.25) is 0 Å². The molecule has 0 aromatic heterocycles. The number of nitrogens with zero attached hydrogens (tertiary/aromatic N) is 1. The summed E-state index contributed by atoms with van der Waals surface area (Å²) in [4.78, 5) is 2.29. The molecule has 2 aliphatic rings. The molecule has 2 unspecified atom stereocenters. The minimum atomic E-state index is -0.456. The zero-order chi connectivity index (χ0) is 16.8. The van der Waals surface area contributed by atoms with Crippen LogP contribution in [0.5, 0.6) is 5.75 Å². The van der Waals surface area contributed by atoms with E-state index in [1.165, 1.54) is 11.1 Å². The highest BCUT2D eigenvalue weighted by molar-refractivity contribution is 5.37. The quantitative estimate of drug-likeness (QED) is 0.787. The lowest BCUT2D eigenvalue weighted by Gasteiger charge is -2.30. The molecule has 5 heteroatoms. The molecule has 0 bridgehead atoms. The lowest BCUT2D eigenvalue weighted by Crippen LogP contribution is -2.38. The van der Waals surface area contributed by atoms with Gasteiger partial charge in [0.15, 0.2) is 0 Å². The van der Waals surface area contributed by atoms with E-state index < -0.39 is 6.10 Å². The Hall–Kier alpha value is -1.14. The van der Waals surface area contributed by atoms with Gasteiger partial charge in [0, 0.05) is 26.2 Å². The average molecular weight is 335 g/mol. The molecule has 1 saturated heterocycles. The van der Waals surface area contributed by atoms with Crippen molar-refractivity contribution in [3.8, 4) is 5.75 Å². The molecule has 134 valence electrons. The van der Waals surface area contributed by atoms with Gasteiger partial charge < -0.3 is 19.3 Å². The number of benzene rings is 1. The molecule has 0 radical (unpaired) electrons. The summed E-state index contributed by atoms with van der Waals surface area (Å²) in [7, 11) is 0. The Morgan fingerprint density at radius 2 is 2.29 bits per heavy atom. The summed E-state index contributed by atoms with van der Waals surface area (Å²) in [6, 6.07) is 6.34. The first-order chi connectivity index (χ1) is 11.7. The van der Waals surface area contributed by atoms with Crippen molar-refractivity contribution in [1.29, 1.82) is 0 Å². The number of rotatable bonds is 8. The molecule has 0 amide bonds. The standard InChI is InChI=1S/C19H29NO4/c1-2-23-18-6-5-15-7-8-20(11-16(15)10-18)12-17(21)13-22-14-19-4-3-9-24-19/h5-6,10,17,19,21H,2-4,7-9,11-14H2,1H3. The Kier molecular flexibility index (Phi) is 6.49. The van der Waals surface area contributed by atoms with Crippen LogP contribution < -0.4 is 4.74 Å². The molecule has 2 aliphatic heterocycles. The smallest absolute Gasteiger partial charge is 0.119 e. The van der Waals surface area contributed by atoms with Crippen molar-refractivity contribution in [2.45, 2.75) is 44.9 Å². The van der Waals surface area contributed by atoms with Crippen molar-refractivity contribution in [1.82, 2.24) is 4.90 Å². The van der Waals surface area contributed by atoms with Gasteiger partial charge in [-0.1, -0.05) is 6.07 Å². The Labute approximate surface area is 144 Å². The molecule has 2 atom stereocenters. The fourth-order valence-electron chi connectivity index (χ4n) is 3.47. The van der Waals surface area contributed by atoms with E-state index in [2.05, 4.69) is 17.0 Å². The van der Waals surface area contributed by atoms with E-state index in [0.29, 0.717) is 26.4 Å². The number of ether oxygens (including phenoxy) is 3. The zero-order valence-corrected chi connectivity index (χ0v) is 14.6. The minimum absolute atomic E-state index is 0.219. The lowest BCUT2D eigenvalue weighted by molar-refractivity contribution is -0.0261. The second-order valence-corrected chi connectivity index (χ2v) is 6.67. The summed E-state index contributed by atoms with van der Waals surface area (Å²) in [5.41, 5.74) is 2.69. The molecule has 1 aromatic carbocycles. The number of hydrogen-bond acceptors (Lipinski definition) is 5. The van der Waals surface area contributed by atoms with Crippen molar-refractivity contribution in [2.24, 2.45) is 0 Å². The second kappa shape index (κ2) is 8.81. The normalized spacial score (nSPS) is 22.3. The van der Waals surface area contributed by atoms with E-state index in [1.54, 1.807) is 0 Å². The molecule has 1 fully saturated rings. The number of fused-ring (bicyclic) bond motifs is 1. The van der Waals surface area contributed by atoms with Gasteiger partial charge in [0.05, 0.1) is 32.0 Å². The molecule has 24 heavy (non-hydrogen) atoms. The molecule has 0 aliphatic carbocycles. The monoisotopic (exact) mass is 335 g/mol. The molecule has 2 heterocycles. The summed E-state index contributed by atoms with van der Waals surface area (Å²) in [6.45, 7) is 6.97. The van der Waals surface area contributed by atoms with Crippen molar-refractivity contribution in [3.05, 3.63) is 29.3 Å². The number of hydrogen-bond donors (Lipinski definition) is 1. The topological polar surface area (TPSA) is 51.2 Å². The van der Waals surface area contributed by atoms with Gasteiger partial charge in [0.1, 0.15) is 5.75 Å². The van der Waals surface area contributed by atoms with E-state index in [1.807, 2.05) is 13.0 Å². The van der Waals surface area contributed by atoms with Gasteiger partial charge in [-0.3, -0.25) is 4.90 Å². The Bertz CT molecular complexity index is 516. The fraction of sp³-hybridized carbons (Fsp3) is 0.684. The molecular weight excluding hydrogens is 306 g/mol. The number of aliphatic hydroxyl groups is 1. The molecule has 0 spiro atoms. The minimum Gasteiger partial charge on any atom is -0.494 e. The maximum atomic E-state index is 10.2. The summed E-state index contributed by atoms with van der Waals surface area (Å²) >= 11 is 0. The molecule has 3 rings (SSSR count). The summed E-state index contributed by atoms with van der Waals surface area (Å²) < 4.78 is 16.7. The van der Waals surface area contributed by atoms with Crippen LogP contribution in [0.1, 0.15) is 30.9 Å². The van der Waals surface area contributed by atoms with Crippen LogP contribution in [-0.4, -0.2) is 61.7 Å². The van der Waals surface area contributed by atoms with Crippen molar-refractivity contribution in [2.75, 3.05) is 39.5 Å². The van der Waals surface area contributed by atoms with Gasteiger partial charge in [-0.25, -0.2) is 0 Å². The first kappa shape index (κ1) is 17.7. The van der Waals surface area contributed by atoms with Gasteiger partial charge in [-0.05, 0) is 49.4 Å². The van der Waals surface area contributed by atoms with Gasteiger partial charge >= 0.3 is 0 Å². The lowest BCUT2D eigenvalue weighted by atomic mass is 9.99. The molecular formula is C19H29NO4. The second-order valence-electron chi connectivity index (χ2n) is 6.67. The molecule has 0 saturated carbocycles. The number of β-amino-alcohol motifs (C(OH)–C–C–N with tert-alkyl or cyclic N) is 1. The highest BCUT2D eigenvalue weighted by Gasteiger charge is 2.20. The first-order valence-electron chi connectivity index (χ1n) is 9.09. The number of aliphatic hydroxyl groups excluding tert-OH is 1. The van der Waals surface area contributed by atoms with Crippen LogP contribution in [0.15, 0.2) is 18.2 Å². The predicted octanol–water partition coefficient (Wildman–Crippen LogP) is 2.00. The van der Waals surface area contributed by atoms with Crippen LogP contribution in [-0.2, 0) is 22.4 Å². The van der Waals surface area contributed by atoms with E-state index in [4.69, 9.17) is 14.2 Å². The van der Waals surface area contributed by atoms with E-state index in [0.717, 1.165) is 44.7 Å². The van der Waals surface area contributed by atoms with Crippen LogP contribution in [0.2, 0.25) is 0 Å². The van der Waals surface area contributed by atoms with Crippen LogP contribution in [0.25, 0.3) is 0 Å². The van der Waals surface area contributed by atoms with E-state index >= 15 is 0 Å². The Morgan fingerprint density at radius 1 is 1.38 bits per heavy atom. The third kappa shape index (κ3) is 4.93. The van der Waals surface area contributed by atoms with Crippen LogP contribution in [0.3, 0.4) is 0 Å². The van der Waals surface area contributed by atoms with Gasteiger partial charge in [-0.15, -0.1) is 0 Å². The van der Waals surface area contributed by atoms with E-state index in [9.17, 15) is 5.11 Å². The molecule has 1 N–H and O–H groups in total.